The number of rotatable bonds is 4. The number of pyridine rings is 1. The van der Waals surface area contributed by atoms with Crippen LogP contribution in [0.4, 0.5) is 11.4 Å². The first-order chi connectivity index (χ1) is 13.3. The van der Waals surface area contributed by atoms with Crippen LogP contribution in [0.2, 0.25) is 0 Å². The minimum atomic E-state index is -0.355. The molecule has 3 rings (SSSR count). The molecule has 0 fully saturated rings. The fraction of sp³-hybridized carbons (Fsp3) is 0.174. The molecule has 1 heterocycles. The summed E-state index contributed by atoms with van der Waals surface area (Å²) >= 11 is 0. The SMILES string of the molecule is Cc1cc(C)cc(NC(=O)c2cc(C(=O)Nc3cc(C)ccc3C)ccn2)c1. The number of hydrogen-bond acceptors (Lipinski definition) is 3. The zero-order chi connectivity index (χ0) is 20.3. The van der Waals surface area contributed by atoms with Crippen molar-refractivity contribution in [3.63, 3.8) is 0 Å². The molecule has 1 aromatic heterocycles. The lowest BCUT2D eigenvalue weighted by atomic mass is 10.1. The Labute approximate surface area is 164 Å². The predicted octanol–water partition coefficient (Wildman–Crippen LogP) is 4.82. The number of hydrogen-bond donors (Lipinski definition) is 2. The zero-order valence-corrected chi connectivity index (χ0v) is 16.5. The summed E-state index contributed by atoms with van der Waals surface area (Å²) in [6.07, 6.45) is 1.47. The Morgan fingerprint density at radius 2 is 1.46 bits per heavy atom. The molecule has 142 valence electrons. The van der Waals surface area contributed by atoms with Crippen molar-refractivity contribution in [2.45, 2.75) is 27.7 Å². The minimum absolute atomic E-state index is 0.188. The van der Waals surface area contributed by atoms with Crippen molar-refractivity contribution < 1.29 is 9.59 Å². The molecule has 0 aliphatic heterocycles. The summed E-state index contributed by atoms with van der Waals surface area (Å²) in [7, 11) is 0. The van der Waals surface area contributed by atoms with Crippen LogP contribution in [0.25, 0.3) is 0 Å². The molecule has 0 aliphatic rings. The summed E-state index contributed by atoms with van der Waals surface area (Å²) in [5.74, 6) is -0.636. The van der Waals surface area contributed by atoms with E-state index in [-0.39, 0.29) is 17.5 Å². The highest BCUT2D eigenvalue weighted by Crippen LogP contribution is 2.18. The van der Waals surface area contributed by atoms with Gasteiger partial charge in [0.15, 0.2) is 0 Å². The maximum absolute atomic E-state index is 12.6. The molecule has 0 spiro atoms. The number of aromatic nitrogens is 1. The summed E-state index contributed by atoms with van der Waals surface area (Å²) in [5, 5.41) is 5.74. The van der Waals surface area contributed by atoms with E-state index >= 15 is 0 Å². The first kappa shape index (κ1) is 19.3. The second kappa shape index (κ2) is 8.05. The molecule has 0 bridgehead atoms. The van der Waals surface area contributed by atoms with Gasteiger partial charge in [-0.1, -0.05) is 18.2 Å². The van der Waals surface area contributed by atoms with Crippen LogP contribution in [0.15, 0.2) is 54.7 Å². The lowest BCUT2D eigenvalue weighted by Gasteiger charge is -2.10. The van der Waals surface area contributed by atoms with Crippen LogP contribution in [0, 0.1) is 27.7 Å². The Hall–Kier alpha value is -3.47. The predicted molar refractivity (Wildman–Crippen MR) is 112 cm³/mol. The maximum Gasteiger partial charge on any atom is 0.274 e. The van der Waals surface area contributed by atoms with Gasteiger partial charge >= 0.3 is 0 Å². The second-order valence-corrected chi connectivity index (χ2v) is 7.03. The van der Waals surface area contributed by atoms with Gasteiger partial charge in [0, 0.05) is 23.1 Å². The topological polar surface area (TPSA) is 71.1 Å². The van der Waals surface area contributed by atoms with Gasteiger partial charge in [0.25, 0.3) is 11.8 Å². The Bertz CT molecular complexity index is 1040. The fourth-order valence-electron chi connectivity index (χ4n) is 3.00. The molecule has 0 atom stereocenters. The highest BCUT2D eigenvalue weighted by molar-refractivity contribution is 6.08. The van der Waals surface area contributed by atoms with E-state index in [0.717, 1.165) is 27.9 Å². The molecular weight excluding hydrogens is 350 g/mol. The lowest BCUT2D eigenvalue weighted by molar-refractivity contribution is 0.102. The van der Waals surface area contributed by atoms with Crippen LogP contribution in [0.3, 0.4) is 0 Å². The van der Waals surface area contributed by atoms with Crippen molar-refractivity contribution in [2.24, 2.45) is 0 Å². The first-order valence-corrected chi connectivity index (χ1v) is 9.06. The monoisotopic (exact) mass is 373 g/mol. The van der Waals surface area contributed by atoms with E-state index in [1.807, 2.05) is 64.1 Å². The van der Waals surface area contributed by atoms with E-state index < -0.39 is 0 Å². The summed E-state index contributed by atoms with van der Waals surface area (Å²) < 4.78 is 0. The van der Waals surface area contributed by atoms with Gasteiger partial charge in [-0.3, -0.25) is 14.6 Å². The third kappa shape index (κ3) is 4.62. The van der Waals surface area contributed by atoms with Gasteiger partial charge in [-0.25, -0.2) is 0 Å². The van der Waals surface area contributed by atoms with E-state index in [1.54, 1.807) is 6.07 Å². The number of benzene rings is 2. The molecule has 3 aromatic rings. The summed E-state index contributed by atoms with van der Waals surface area (Å²) in [4.78, 5) is 29.3. The van der Waals surface area contributed by atoms with Crippen LogP contribution in [0.5, 0.6) is 0 Å². The van der Waals surface area contributed by atoms with Crippen molar-refractivity contribution in [2.75, 3.05) is 10.6 Å². The van der Waals surface area contributed by atoms with Crippen molar-refractivity contribution >= 4 is 23.2 Å². The van der Waals surface area contributed by atoms with Gasteiger partial charge in [0.05, 0.1) is 0 Å². The molecule has 0 aliphatic carbocycles. The van der Waals surface area contributed by atoms with Crippen LogP contribution >= 0.6 is 0 Å². The number of anilines is 2. The van der Waals surface area contributed by atoms with Gasteiger partial charge in [-0.2, -0.15) is 0 Å². The van der Waals surface area contributed by atoms with Crippen LogP contribution in [-0.2, 0) is 0 Å². The molecule has 28 heavy (non-hydrogen) atoms. The fourth-order valence-corrected chi connectivity index (χ4v) is 3.00. The smallest absolute Gasteiger partial charge is 0.274 e. The van der Waals surface area contributed by atoms with E-state index in [1.165, 1.54) is 12.3 Å². The average Bonchev–Trinajstić information content (AvgIpc) is 2.64. The molecule has 0 unspecified atom stereocenters. The zero-order valence-electron chi connectivity index (χ0n) is 16.5. The first-order valence-electron chi connectivity index (χ1n) is 9.06. The number of carbonyl (C=O) groups is 2. The number of aryl methyl sites for hydroxylation is 4. The highest BCUT2D eigenvalue weighted by atomic mass is 16.2. The Morgan fingerprint density at radius 3 is 2.18 bits per heavy atom. The van der Waals surface area contributed by atoms with Gasteiger partial charge in [-0.15, -0.1) is 0 Å². The average molecular weight is 373 g/mol. The molecular formula is C23H23N3O2. The molecule has 5 heteroatoms. The largest absolute Gasteiger partial charge is 0.322 e. The Kier molecular flexibility index (Phi) is 5.54. The molecule has 0 saturated carbocycles. The van der Waals surface area contributed by atoms with Gasteiger partial charge in [0.2, 0.25) is 0 Å². The van der Waals surface area contributed by atoms with Crippen LogP contribution in [-0.4, -0.2) is 16.8 Å². The van der Waals surface area contributed by atoms with E-state index in [0.29, 0.717) is 11.3 Å². The van der Waals surface area contributed by atoms with Crippen molar-refractivity contribution in [1.82, 2.24) is 4.98 Å². The van der Waals surface area contributed by atoms with Gasteiger partial charge in [0.1, 0.15) is 5.69 Å². The molecule has 5 nitrogen and oxygen atoms in total. The summed E-state index contributed by atoms with van der Waals surface area (Å²) in [5.41, 5.74) is 6.17. The van der Waals surface area contributed by atoms with E-state index in [9.17, 15) is 9.59 Å². The van der Waals surface area contributed by atoms with Gasteiger partial charge < -0.3 is 10.6 Å². The van der Waals surface area contributed by atoms with E-state index in [4.69, 9.17) is 0 Å². The molecule has 0 radical (unpaired) electrons. The van der Waals surface area contributed by atoms with Crippen LogP contribution < -0.4 is 10.6 Å². The Morgan fingerprint density at radius 1 is 0.750 bits per heavy atom. The number of nitrogens with zero attached hydrogens (tertiary/aromatic N) is 1. The standard InChI is InChI=1S/C23H23N3O2/c1-14-5-6-17(4)20(12-14)26-22(27)18-7-8-24-21(13-18)23(28)25-19-10-15(2)9-16(3)11-19/h5-13H,1-4H3,(H,25,28)(H,26,27). The minimum Gasteiger partial charge on any atom is -0.322 e. The highest BCUT2D eigenvalue weighted by Gasteiger charge is 2.13. The normalized spacial score (nSPS) is 10.4. The molecule has 2 aromatic carbocycles. The molecule has 2 amide bonds. The quantitative estimate of drug-likeness (QED) is 0.689. The second-order valence-electron chi connectivity index (χ2n) is 7.03. The van der Waals surface area contributed by atoms with Crippen molar-refractivity contribution in [1.29, 1.82) is 0 Å². The van der Waals surface area contributed by atoms with Crippen molar-refractivity contribution in [3.8, 4) is 0 Å². The molecule has 2 N–H and O–H groups in total. The van der Waals surface area contributed by atoms with Crippen molar-refractivity contribution in [3.05, 3.63) is 88.2 Å². The third-order valence-corrected chi connectivity index (χ3v) is 4.38. The lowest BCUT2D eigenvalue weighted by Crippen LogP contribution is -2.17. The van der Waals surface area contributed by atoms with Crippen LogP contribution in [0.1, 0.15) is 43.1 Å². The van der Waals surface area contributed by atoms with E-state index in [2.05, 4.69) is 15.6 Å². The third-order valence-electron chi connectivity index (χ3n) is 4.38. The number of carbonyl (C=O) groups excluding carboxylic acids is 2. The molecule has 0 saturated heterocycles. The number of nitrogens with one attached hydrogen (secondary N) is 2. The Balaban J connectivity index is 1.78. The maximum atomic E-state index is 12.6. The van der Waals surface area contributed by atoms with Gasteiger partial charge in [-0.05, 0) is 80.3 Å². The number of amides is 2. The summed E-state index contributed by atoms with van der Waals surface area (Å²) in [6, 6.07) is 14.8. The summed E-state index contributed by atoms with van der Waals surface area (Å²) in [6.45, 7) is 7.85.